The second-order valence-corrected chi connectivity index (χ2v) is 6.32. The maximum Gasteiger partial charge on any atom is 0.0777 e. The lowest BCUT2D eigenvalue weighted by atomic mass is 9.91. The molecule has 0 radical (unpaired) electrons. The minimum absolute atomic E-state index is 0.0363. The summed E-state index contributed by atoms with van der Waals surface area (Å²) in [6.07, 6.45) is 2.30. The Kier molecular flexibility index (Phi) is 4.84. The van der Waals surface area contributed by atoms with E-state index in [9.17, 15) is 0 Å². The summed E-state index contributed by atoms with van der Waals surface area (Å²) in [5, 5.41) is 0. The summed E-state index contributed by atoms with van der Waals surface area (Å²) < 4.78 is 5.70. The lowest BCUT2D eigenvalue weighted by molar-refractivity contribution is -0.0608. The first-order chi connectivity index (χ1) is 9.49. The molecule has 2 unspecified atom stereocenters. The molecule has 3 heteroatoms. The molecular weight excluding hydrogens is 248 g/mol. The summed E-state index contributed by atoms with van der Waals surface area (Å²) >= 11 is 0. The minimum atomic E-state index is -0.0363. The van der Waals surface area contributed by atoms with Gasteiger partial charge in [0.05, 0.1) is 5.60 Å². The standard InChI is InChI=1S/C17H28N2O/c1-13-6-7-15(10-14(13)2)16(11-18)19-9-5-8-17(3,12-19)20-4/h6-7,10,16H,5,8-9,11-12,18H2,1-4H3. The first-order valence-electron chi connectivity index (χ1n) is 7.55. The fourth-order valence-corrected chi connectivity index (χ4v) is 3.14. The van der Waals surface area contributed by atoms with Gasteiger partial charge in [-0.25, -0.2) is 0 Å². The highest BCUT2D eigenvalue weighted by Crippen LogP contribution is 2.30. The molecule has 3 nitrogen and oxygen atoms in total. The van der Waals surface area contributed by atoms with Crippen molar-refractivity contribution < 1.29 is 4.74 Å². The quantitative estimate of drug-likeness (QED) is 0.919. The highest BCUT2D eigenvalue weighted by Gasteiger charge is 2.34. The summed E-state index contributed by atoms with van der Waals surface area (Å²) in [5.41, 5.74) is 10.0. The summed E-state index contributed by atoms with van der Waals surface area (Å²) in [6.45, 7) is 9.24. The number of nitrogens with two attached hydrogens (primary N) is 1. The Balaban J connectivity index is 2.21. The van der Waals surface area contributed by atoms with Crippen molar-refractivity contribution in [3.8, 4) is 0 Å². The normalized spacial score (nSPS) is 25.6. The van der Waals surface area contributed by atoms with Gasteiger partial charge in [-0.15, -0.1) is 0 Å². The van der Waals surface area contributed by atoms with Gasteiger partial charge in [-0.3, -0.25) is 4.90 Å². The predicted octanol–water partition coefficient (Wildman–Crippen LogP) is 2.80. The van der Waals surface area contributed by atoms with Gasteiger partial charge >= 0.3 is 0 Å². The molecule has 0 spiro atoms. The third kappa shape index (κ3) is 3.22. The van der Waals surface area contributed by atoms with E-state index in [2.05, 4.69) is 43.9 Å². The van der Waals surface area contributed by atoms with Gasteiger partial charge in [0.25, 0.3) is 0 Å². The van der Waals surface area contributed by atoms with E-state index in [4.69, 9.17) is 10.5 Å². The highest BCUT2D eigenvalue weighted by molar-refractivity contribution is 5.32. The van der Waals surface area contributed by atoms with Crippen LogP contribution in [0.1, 0.15) is 42.5 Å². The fraction of sp³-hybridized carbons (Fsp3) is 0.647. The molecule has 1 aromatic rings. The van der Waals surface area contributed by atoms with Crippen molar-refractivity contribution in [3.63, 3.8) is 0 Å². The van der Waals surface area contributed by atoms with Gasteiger partial charge in [-0.05, 0) is 56.8 Å². The van der Waals surface area contributed by atoms with E-state index in [1.54, 1.807) is 0 Å². The van der Waals surface area contributed by atoms with Crippen molar-refractivity contribution in [2.75, 3.05) is 26.7 Å². The number of hydrogen-bond acceptors (Lipinski definition) is 3. The monoisotopic (exact) mass is 276 g/mol. The number of nitrogens with zero attached hydrogens (tertiary/aromatic N) is 1. The zero-order valence-corrected chi connectivity index (χ0v) is 13.3. The maximum atomic E-state index is 6.07. The van der Waals surface area contributed by atoms with Crippen LogP contribution in [0.15, 0.2) is 18.2 Å². The van der Waals surface area contributed by atoms with E-state index in [0.717, 1.165) is 19.5 Å². The molecular formula is C17H28N2O. The molecule has 1 heterocycles. The van der Waals surface area contributed by atoms with Crippen molar-refractivity contribution in [3.05, 3.63) is 34.9 Å². The Bertz CT molecular complexity index is 460. The summed E-state index contributed by atoms with van der Waals surface area (Å²) in [5.74, 6) is 0. The van der Waals surface area contributed by atoms with Crippen LogP contribution in [0.25, 0.3) is 0 Å². The van der Waals surface area contributed by atoms with Crippen LogP contribution in [0.4, 0.5) is 0 Å². The number of benzene rings is 1. The Labute approximate surface area is 123 Å². The first-order valence-corrected chi connectivity index (χ1v) is 7.55. The Morgan fingerprint density at radius 2 is 2.10 bits per heavy atom. The lowest BCUT2D eigenvalue weighted by Gasteiger charge is -2.43. The molecule has 2 N–H and O–H groups in total. The highest BCUT2D eigenvalue weighted by atomic mass is 16.5. The molecule has 2 rings (SSSR count). The summed E-state index contributed by atoms with van der Waals surface area (Å²) in [7, 11) is 1.82. The molecule has 1 aromatic carbocycles. The van der Waals surface area contributed by atoms with Crippen LogP contribution >= 0.6 is 0 Å². The molecule has 0 saturated carbocycles. The molecule has 0 amide bonds. The number of rotatable bonds is 4. The van der Waals surface area contributed by atoms with E-state index < -0.39 is 0 Å². The smallest absolute Gasteiger partial charge is 0.0777 e. The molecule has 1 saturated heterocycles. The lowest BCUT2D eigenvalue weighted by Crippen LogP contribution is -2.49. The molecule has 20 heavy (non-hydrogen) atoms. The van der Waals surface area contributed by atoms with Crippen LogP contribution in [0, 0.1) is 13.8 Å². The molecule has 0 aliphatic carbocycles. The number of piperidine rings is 1. The van der Waals surface area contributed by atoms with Crippen LogP contribution in [0.2, 0.25) is 0 Å². The third-order valence-corrected chi connectivity index (χ3v) is 4.76. The second-order valence-electron chi connectivity index (χ2n) is 6.32. The molecule has 112 valence electrons. The molecule has 1 aliphatic rings. The first kappa shape index (κ1) is 15.5. The number of methoxy groups -OCH3 is 1. The molecule has 1 fully saturated rings. The molecule has 0 bridgehead atoms. The van der Waals surface area contributed by atoms with E-state index in [-0.39, 0.29) is 5.60 Å². The van der Waals surface area contributed by atoms with Gasteiger partial charge in [0, 0.05) is 26.2 Å². The van der Waals surface area contributed by atoms with Gasteiger partial charge < -0.3 is 10.5 Å². The zero-order chi connectivity index (χ0) is 14.8. The number of ether oxygens (including phenoxy) is 1. The van der Waals surface area contributed by atoms with Crippen LogP contribution in [-0.4, -0.2) is 37.2 Å². The van der Waals surface area contributed by atoms with Crippen LogP contribution < -0.4 is 5.73 Å². The minimum Gasteiger partial charge on any atom is -0.377 e. The Morgan fingerprint density at radius 1 is 1.35 bits per heavy atom. The largest absolute Gasteiger partial charge is 0.377 e. The SMILES string of the molecule is COC1(C)CCCN(C(CN)c2ccc(C)c(C)c2)C1. The fourth-order valence-electron chi connectivity index (χ4n) is 3.14. The second kappa shape index (κ2) is 6.25. The number of aryl methyl sites for hydroxylation is 2. The molecule has 2 atom stereocenters. The van der Waals surface area contributed by atoms with E-state index in [0.29, 0.717) is 12.6 Å². The van der Waals surface area contributed by atoms with Crippen LogP contribution in [0.5, 0.6) is 0 Å². The molecule has 0 aromatic heterocycles. The van der Waals surface area contributed by atoms with E-state index >= 15 is 0 Å². The van der Waals surface area contributed by atoms with Gasteiger partial charge in [-0.2, -0.15) is 0 Å². The van der Waals surface area contributed by atoms with Crippen molar-refractivity contribution >= 4 is 0 Å². The van der Waals surface area contributed by atoms with Crippen molar-refractivity contribution in [1.29, 1.82) is 0 Å². The average Bonchev–Trinajstić information content (AvgIpc) is 2.44. The third-order valence-electron chi connectivity index (χ3n) is 4.76. The molecule has 1 aliphatic heterocycles. The Hall–Kier alpha value is -0.900. The maximum absolute atomic E-state index is 6.07. The number of hydrogen-bond donors (Lipinski definition) is 1. The van der Waals surface area contributed by atoms with E-state index in [1.165, 1.54) is 23.1 Å². The van der Waals surface area contributed by atoms with Crippen molar-refractivity contribution in [2.24, 2.45) is 5.73 Å². The van der Waals surface area contributed by atoms with Gasteiger partial charge in [0.15, 0.2) is 0 Å². The topological polar surface area (TPSA) is 38.5 Å². The van der Waals surface area contributed by atoms with Crippen LogP contribution in [-0.2, 0) is 4.74 Å². The van der Waals surface area contributed by atoms with Crippen LogP contribution in [0.3, 0.4) is 0 Å². The predicted molar refractivity (Wildman–Crippen MR) is 83.9 cm³/mol. The number of likely N-dealkylation sites (tertiary alicyclic amines) is 1. The van der Waals surface area contributed by atoms with Crippen molar-refractivity contribution in [2.45, 2.75) is 45.3 Å². The summed E-state index contributed by atoms with van der Waals surface area (Å²) in [6, 6.07) is 7.00. The van der Waals surface area contributed by atoms with Gasteiger partial charge in [-0.1, -0.05) is 18.2 Å². The van der Waals surface area contributed by atoms with Crippen molar-refractivity contribution in [1.82, 2.24) is 4.90 Å². The summed E-state index contributed by atoms with van der Waals surface area (Å²) in [4.78, 5) is 2.48. The van der Waals surface area contributed by atoms with Gasteiger partial charge in [0.1, 0.15) is 0 Å². The Morgan fingerprint density at radius 3 is 2.70 bits per heavy atom. The van der Waals surface area contributed by atoms with E-state index in [1.807, 2.05) is 7.11 Å². The average molecular weight is 276 g/mol. The zero-order valence-electron chi connectivity index (χ0n) is 13.3. The van der Waals surface area contributed by atoms with Gasteiger partial charge in [0.2, 0.25) is 0 Å².